The number of ketones is 1. The van der Waals surface area contributed by atoms with Crippen LogP contribution >= 0.6 is 11.6 Å². The molecule has 0 fully saturated rings. The number of Topliss-reactive ketones (excluding diaryl/α,β-unsaturated/α-hetero) is 1. The monoisotopic (exact) mass is 355 g/mol. The Hall–Kier alpha value is -2.92. The first-order valence-electron chi connectivity index (χ1n) is 7.53. The first-order chi connectivity index (χ1) is 11.9. The van der Waals surface area contributed by atoms with Crippen LogP contribution in [0.3, 0.4) is 0 Å². The van der Waals surface area contributed by atoms with E-state index in [-0.39, 0.29) is 11.3 Å². The van der Waals surface area contributed by atoms with Gasteiger partial charge in [-0.1, -0.05) is 23.2 Å². The lowest BCUT2D eigenvalue weighted by molar-refractivity contribution is 0.0476. The van der Waals surface area contributed by atoms with Crippen LogP contribution in [0, 0.1) is 6.92 Å². The minimum Gasteiger partial charge on any atom is -0.454 e. The highest BCUT2D eigenvalue weighted by Crippen LogP contribution is 2.18. The summed E-state index contributed by atoms with van der Waals surface area (Å²) in [4.78, 5) is 38.9. The van der Waals surface area contributed by atoms with Crippen molar-refractivity contribution in [1.29, 1.82) is 0 Å². The summed E-state index contributed by atoms with van der Waals surface area (Å²) in [6.07, 6.45) is 0. The lowest BCUT2D eigenvalue weighted by Gasteiger charge is -2.08. The topological polar surface area (TPSA) is 76.2 Å². The van der Waals surface area contributed by atoms with Crippen molar-refractivity contribution in [2.24, 2.45) is 0 Å². The van der Waals surface area contributed by atoms with E-state index in [1.807, 2.05) is 13.0 Å². The molecule has 0 spiro atoms. The molecule has 0 aliphatic heterocycles. The lowest BCUT2D eigenvalue weighted by Crippen LogP contribution is -2.17. The highest BCUT2D eigenvalue weighted by molar-refractivity contribution is 6.30. The minimum atomic E-state index is -0.719. The van der Waals surface area contributed by atoms with E-state index in [0.29, 0.717) is 21.5 Å². The van der Waals surface area contributed by atoms with Gasteiger partial charge in [0.05, 0.1) is 5.56 Å². The number of rotatable bonds is 4. The van der Waals surface area contributed by atoms with Gasteiger partial charge in [-0.3, -0.25) is 9.59 Å². The Morgan fingerprint density at radius 2 is 1.80 bits per heavy atom. The molecule has 0 atom stereocenters. The van der Waals surface area contributed by atoms with Crippen LogP contribution in [0.15, 0.2) is 53.3 Å². The SMILES string of the molecule is Cc1ccc2[nH]c(=O)cc(C(=O)OCC(=O)c3ccc(Cl)cc3)c2c1. The number of benzene rings is 2. The quantitative estimate of drug-likeness (QED) is 0.573. The summed E-state index contributed by atoms with van der Waals surface area (Å²) >= 11 is 5.78. The van der Waals surface area contributed by atoms with E-state index >= 15 is 0 Å². The Morgan fingerprint density at radius 3 is 2.52 bits per heavy atom. The summed E-state index contributed by atoms with van der Waals surface area (Å²) in [5.41, 5.74) is 1.59. The normalized spacial score (nSPS) is 10.6. The second-order valence-corrected chi connectivity index (χ2v) is 6.04. The lowest BCUT2D eigenvalue weighted by atomic mass is 10.1. The minimum absolute atomic E-state index is 0.131. The number of nitrogens with one attached hydrogen (secondary N) is 1. The Balaban J connectivity index is 1.83. The molecular formula is C19H14ClNO4. The number of aromatic amines is 1. The number of fused-ring (bicyclic) bond motifs is 1. The van der Waals surface area contributed by atoms with Crippen molar-refractivity contribution in [3.63, 3.8) is 0 Å². The molecule has 0 saturated heterocycles. The molecule has 1 N–H and O–H groups in total. The van der Waals surface area contributed by atoms with Gasteiger partial charge in [0.15, 0.2) is 12.4 Å². The van der Waals surface area contributed by atoms with Crippen LogP contribution in [0.1, 0.15) is 26.3 Å². The molecule has 5 nitrogen and oxygen atoms in total. The molecule has 0 aliphatic carbocycles. The molecule has 0 amide bonds. The fourth-order valence-electron chi connectivity index (χ4n) is 2.46. The summed E-state index contributed by atoms with van der Waals surface area (Å²) in [5.74, 6) is -1.07. The van der Waals surface area contributed by atoms with E-state index in [0.717, 1.165) is 5.56 Å². The van der Waals surface area contributed by atoms with Gasteiger partial charge in [-0.2, -0.15) is 0 Å². The molecule has 2 aromatic carbocycles. The number of aryl methyl sites for hydroxylation is 1. The highest BCUT2D eigenvalue weighted by Gasteiger charge is 2.16. The predicted octanol–water partition coefficient (Wildman–Crippen LogP) is 3.53. The Bertz CT molecular complexity index is 1020. The Morgan fingerprint density at radius 1 is 1.08 bits per heavy atom. The maximum atomic E-state index is 12.4. The summed E-state index contributed by atoms with van der Waals surface area (Å²) < 4.78 is 5.10. The molecular weight excluding hydrogens is 342 g/mol. The molecule has 1 heterocycles. The van der Waals surface area contributed by atoms with Crippen molar-refractivity contribution in [2.45, 2.75) is 6.92 Å². The summed E-state index contributed by atoms with van der Waals surface area (Å²) in [7, 11) is 0. The van der Waals surface area contributed by atoms with E-state index in [1.165, 1.54) is 6.07 Å². The van der Waals surface area contributed by atoms with Crippen molar-refractivity contribution in [3.8, 4) is 0 Å². The largest absolute Gasteiger partial charge is 0.454 e. The van der Waals surface area contributed by atoms with Crippen LogP contribution in [0.4, 0.5) is 0 Å². The fourth-order valence-corrected chi connectivity index (χ4v) is 2.59. The second kappa shape index (κ2) is 6.91. The molecule has 1 aromatic heterocycles. The fraction of sp³-hybridized carbons (Fsp3) is 0.105. The Labute approximate surface area is 148 Å². The number of pyridine rings is 1. The van der Waals surface area contributed by atoms with Gasteiger partial charge in [0.25, 0.3) is 0 Å². The number of aromatic nitrogens is 1. The number of H-pyrrole nitrogens is 1. The van der Waals surface area contributed by atoms with E-state index < -0.39 is 18.1 Å². The standard InChI is InChI=1S/C19H14ClNO4/c1-11-2-7-16-14(8-11)15(9-18(23)21-16)19(24)25-10-17(22)12-3-5-13(20)6-4-12/h2-9H,10H2,1H3,(H,21,23). The summed E-state index contributed by atoms with van der Waals surface area (Å²) in [6, 6.07) is 12.8. The zero-order valence-corrected chi connectivity index (χ0v) is 14.1. The van der Waals surface area contributed by atoms with Crippen LogP contribution in [-0.2, 0) is 4.74 Å². The maximum Gasteiger partial charge on any atom is 0.339 e. The number of hydrogen-bond acceptors (Lipinski definition) is 4. The van der Waals surface area contributed by atoms with Gasteiger partial charge in [0.2, 0.25) is 5.56 Å². The molecule has 0 saturated carbocycles. The second-order valence-electron chi connectivity index (χ2n) is 5.60. The third-order valence-electron chi connectivity index (χ3n) is 3.72. The van der Waals surface area contributed by atoms with Gasteiger partial charge in [-0.25, -0.2) is 4.79 Å². The molecule has 3 aromatic rings. The highest BCUT2D eigenvalue weighted by atomic mass is 35.5. The number of hydrogen-bond donors (Lipinski definition) is 1. The van der Waals surface area contributed by atoms with Gasteiger partial charge < -0.3 is 9.72 Å². The van der Waals surface area contributed by atoms with Crippen molar-refractivity contribution in [1.82, 2.24) is 4.98 Å². The van der Waals surface area contributed by atoms with Crippen LogP contribution in [0.5, 0.6) is 0 Å². The van der Waals surface area contributed by atoms with Crippen molar-refractivity contribution in [2.75, 3.05) is 6.61 Å². The summed E-state index contributed by atoms with van der Waals surface area (Å²) in [5, 5.41) is 1.09. The van der Waals surface area contributed by atoms with Gasteiger partial charge in [0.1, 0.15) is 0 Å². The van der Waals surface area contributed by atoms with Crippen LogP contribution in [0.25, 0.3) is 10.9 Å². The van der Waals surface area contributed by atoms with Gasteiger partial charge in [-0.05, 0) is 43.3 Å². The van der Waals surface area contributed by atoms with E-state index in [9.17, 15) is 14.4 Å². The van der Waals surface area contributed by atoms with E-state index in [2.05, 4.69) is 4.98 Å². The third-order valence-corrected chi connectivity index (χ3v) is 3.97. The van der Waals surface area contributed by atoms with Crippen molar-refractivity contribution < 1.29 is 14.3 Å². The number of ether oxygens (including phenoxy) is 1. The molecule has 0 aliphatic rings. The zero-order valence-electron chi connectivity index (χ0n) is 13.3. The van der Waals surface area contributed by atoms with E-state index in [1.54, 1.807) is 36.4 Å². The predicted molar refractivity (Wildman–Crippen MR) is 95.4 cm³/mol. The molecule has 0 bridgehead atoms. The first-order valence-corrected chi connectivity index (χ1v) is 7.91. The average molecular weight is 356 g/mol. The van der Waals surface area contributed by atoms with Gasteiger partial charge in [-0.15, -0.1) is 0 Å². The molecule has 3 rings (SSSR count). The third kappa shape index (κ3) is 3.78. The smallest absolute Gasteiger partial charge is 0.339 e. The number of halogens is 1. The molecule has 6 heteroatoms. The van der Waals surface area contributed by atoms with Crippen LogP contribution in [-0.4, -0.2) is 23.3 Å². The zero-order chi connectivity index (χ0) is 18.0. The number of carbonyl (C=O) groups is 2. The number of carbonyl (C=O) groups excluding carboxylic acids is 2. The molecule has 25 heavy (non-hydrogen) atoms. The van der Waals surface area contributed by atoms with Gasteiger partial charge in [0, 0.05) is 27.6 Å². The van der Waals surface area contributed by atoms with E-state index in [4.69, 9.17) is 16.3 Å². The maximum absolute atomic E-state index is 12.4. The van der Waals surface area contributed by atoms with Crippen LogP contribution in [0.2, 0.25) is 5.02 Å². The van der Waals surface area contributed by atoms with Crippen molar-refractivity contribution >= 4 is 34.3 Å². The average Bonchev–Trinajstić information content (AvgIpc) is 2.59. The molecule has 126 valence electrons. The molecule has 0 unspecified atom stereocenters. The van der Waals surface area contributed by atoms with Crippen molar-refractivity contribution in [3.05, 3.63) is 80.6 Å². The summed E-state index contributed by atoms with van der Waals surface area (Å²) in [6.45, 7) is 1.46. The Kier molecular flexibility index (Phi) is 4.67. The number of esters is 1. The first kappa shape index (κ1) is 16.9. The van der Waals surface area contributed by atoms with Gasteiger partial charge >= 0.3 is 5.97 Å². The molecule has 0 radical (unpaired) electrons. The van der Waals surface area contributed by atoms with Crippen LogP contribution < -0.4 is 5.56 Å².